The molecule has 0 bridgehead atoms. The summed E-state index contributed by atoms with van der Waals surface area (Å²) >= 11 is 0. The van der Waals surface area contributed by atoms with Crippen LogP contribution in [0.5, 0.6) is 0 Å². The lowest BCUT2D eigenvalue weighted by Gasteiger charge is -2.13. The Kier molecular flexibility index (Phi) is 1.86. The van der Waals surface area contributed by atoms with E-state index in [1.165, 1.54) is 0 Å². The lowest BCUT2D eigenvalue weighted by Crippen LogP contribution is -2.23. The van der Waals surface area contributed by atoms with Crippen molar-refractivity contribution in [3.05, 3.63) is 0 Å². The van der Waals surface area contributed by atoms with Crippen LogP contribution in [0, 0.1) is 22.7 Å². The molecule has 1 aliphatic rings. The van der Waals surface area contributed by atoms with E-state index in [1.807, 2.05) is 6.92 Å². The van der Waals surface area contributed by atoms with Crippen molar-refractivity contribution in [1.29, 1.82) is 5.26 Å². The van der Waals surface area contributed by atoms with Gasteiger partial charge in [0.1, 0.15) is 0 Å². The first-order valence-electron chi connectivity index (χ1n) is 3.80. The number of nitrogens with zero attached hydrogens (tertiary/aromatic N) is 1. The van der Waals surface area contributed by atoms with Crippen LogP contribution in [0.2, 0.25) is 0 Å². The molecule has 0 radical (unpaired) electrons. The number of nitriles is 1. The van der Waals surface area contributed by atoms with E-state index < -0.39 is 11.4 Å². The number of carbonyl (C=O) groups is 1. The Hall–Kier alpha value is -1.04. The Labute approximate surface area is 65.6 Å². The quantitative estimate of drug-likeness (QED) is 0.666. The second-order valence-electron chi connectivity index (χ2n) is 3.05. The minimum absolute atomic E-state index is 0.292. The molecule has 0 aromatic rings. The topological polar surface area (TPSA) is 61.1 Å². The Morgan fingerprint density at radius 1 is 1.82 bits per heavy atom. The summed E-state index contributed by atoms with van der Waals surface area (Å²) in [6.45, 7) is 1.86. The van der Waals surface area contributed by atoms with Crippen LogP contribution >= 0.6 is 0 Å². The predicted octanol–water partition coefficient (Wildman–Crippen LogP) is 1.40. The third-order valence-corrected chi connectivity index (χ3v) is 2.45. The Bertz CT molecular complexity index is 213. The van der Waals surface area contributed by atoms with Crippen LogP contribution < -0.4 is 0 Å². The van der Waals surface area contributed by atoms with Gasteiger partial charge in [0.05, 0.1) is 17.4 Å². The van der Waals surface area contributed by atoms with Crippen LogP contribution in [-0.4, -0.2) is 11.1 Å². The molecule has 60 valence electrons. The van der Waals surface area contributed by atoms with E-state index in [1.54, 1.807) is 0 Å². The standard InChI is InChI=1S/C8H11NO2/c1-2-6(5-9)8(3-4-8)7(10)11/h6H,2-4H2,1H3,(H,10,11). The number of aliphatic carboxylic acids is 1. The van der Waals surface area contributed by atoms with Crippen LogP contribution in [0.15, 0.2) is 0 Å². The van der Waals surface area contributed by atoms with Crippen LogP contribution in [-0.2, 0) is 4.79 Å². The zero-order chi connectivity index (χ0) is 8.48. The maximum Gasteiger partial charge on any atom is 0.310 e. The summed E-state index contributed by atoms with van der Waals surface area (Å²) < 4.78 is 0. The maximum absolute atomic E-state index is 10.7. The van der Waals surface area contributed by atoms with Crippen LogP contribution in [0.25, 0.3) is 0 Å². The van der Waals surface area contributed by atoms with Crippen molar-refractivity contribution in [3.63, 3.8) is 0 Å². The van der Waals surface area contributed by atoms with Gasteiger partial charge < -0.3 is 5.11 Å². The van der Waals surface area contributed by atoms with E-state index in [0.717, 1.165) is 0 Å². The first-order chi connectivity index (χ1) is 5.17. The zero-order valence-corrected chi connectivity index (χ0v) is 6.50. The van der Waals surface area contributed by atoms with Gasteiger partial charge in [0.15, 0.2) is 0 Å². The van der Waals surface area contributed by atoms with Crippen molar-refractivity contribution in [2.45, 2.75) is 26.2 Å². The number of hydrogen-bond acceptors (Lipinski definition) is 2. The third kappa shape index (κ3) is 1.09. The second-order valence-corrected chi connectivity index (χ2v) is 3.05. The maximum atomic E-state index is 10.7. The summed E-state index contributed by atoms with van der Waals surface area (Å²) in [6.07, 6.45) is 1.99. The molecule has 1 rings (SSSR count). The van der Waals surface area contributed by atoms with Crippen molar-refractivity contribution in [3.8, 4) is 6.07 Å². The highest BCUT2D eigenvalue weighted by atomic mass is 16.4. The molecule has 1 aliphatic carbocycles. The number of carboxylic acids is 1. The smallest absolute Gasteiger partial charge is 0.310 e. The van der Waals surface area contributed by atoms with Gasteiger partial charge in [-0.25, -0.2) is 0 Å². The molecule has 0 aromatic carbocycles. The number of rotatable bonds is 3. The van der Waals surface area contributed by atoms with Gasteiger partial charge in [-0.2, -0.15) is 5.26 Å². The summed E-state index contributed by atoms with van der Waals surface area (Å²) in [7, 11) is 0. The van der Waals surface area contributed by atoms with Crippen molar-refractivity contribution < 1.29 is 9.90 Å². The molecule has 1 unspecified atom stereocenters. The Morgan fingerprint density at radius 2 is 2.36 bits per heavy atom. The zero-order valence-electron chi connectivity index (χ0n) is 6.50. The first kappa shape index (κ1) is 8.06. The fraction of sp³-hybridized carbons (Fsp3) is 0.750. The summed E-state index contributed by atoms with van der Waals surface area (Å²) in [5.41, 5.74) is -0.677. The molecule has 0 aromatic heterocycles. The van der Waals surface area contributed by atoms with Crippen molar-refractivity contribution in [2.75, 3.05) is 0 Å². The van der Waals surface area contributed by atoms with Crippen LogP contribution in [0.4, 0.5) is 0 Å². The predicted molar refractivity (Wildman–Crippen MR) is 38.7 cm³/mol. The number of hydrogen-bond donors (Lipinski definition) is 1. The molecule has 1 N–H and O–H groups in total. The fourth-order valence-electron chi connectivity index (χ4n) is 1.45. The van der Waals surface area contributed by atoms with Gasteiger partial charge in [0.2, 0.25) is 0 Å². The van der Waals surface area contributed by atoms with Crippen LogP contribution in [0.1, 0.15) is 26.2 Å². The molecule has 1 atom stereocenters. The molecule has 0 aliphatic heterocycles. The minimum atomic E-state index is -0.800. The summed E-state index contributed by atoms with van der Waals surface area (Å²) in [4.78, 5) is 10.7. The average Bonchev–Trinajstić information content (AvgIpc) is 2.71. The normalized spacial score (nSPS) is 21.8. The minimum Gasteiger partial charge on any atom is -0.481 e. The van der Waals surface area contributed by atoms with Gasteiger partial charge in [-0.3, -0.25) is 4.79 Å². The molecule has 1 saturated carbocycles. The molecule has 0 amide bonds. The third-order valence-electron chi connectivity index (χ3n) is 2.45. The molecular weight excluding hydrogens is 142 g/mol. The highest BCUT2D eigenvalue weighted by Gasteiger charge is 2.55. The number of carboxylic acid groups (broad SMARTS) is 1. The van der Waals surface area contributed by atoms with Gasteiger partial charge in [-0.1, -0.05) is 6.92 Å². The molecule has 0 spiro atoms. The van der Waals surface area contributed by atoms with E-state index in [4.69, 9.17) is 10.4 Å². The SMILES string of the molecule is CCC(C#N)C1(C(=O)O)CC1. The molecule has 1 fully saturated rings. The lowest BCUT2D eigenvalue weighted by molar-refractivity contribution is -0.144. The van der Waals surface area contributed by atoms with Crippen molar-refractivity contribution >= 4 is 5.97 Å². The van der Waals surface area contributed by atoms with E-state index in [9.17, 15) is 4.79 Å². The fourth-order valence-corrected chi connectivity index (χ4v) is 1.45. The van der Waals surface area contributed by atoms with E-state index in [-0.39, 0.29) is 5.92 Å². The molecule has 0 heterocycles. The molecule has 11 heavy (non-hydrogen) atoms. The molecule has 3 nitrogen and oxygen atoms in total. The highest BCUT2D eigenvalue weighted by Crippen LogP contribution is 2.53. The molecule has 0 saturated heterocycles. The summed E-state index contributed by atoms with van der Waals surface area (Å²) in [6, 6.07) is 2.05. The van der Waals surface area contributed by atoms with Gasteiger partial charge in [-0.15, -0.1) is 0 Å². The van der Waals surface area contributed by atoms with Crippen LogP contribution in [0.3, 0.4) is 0 Å². The van der Waals surface area contributed by atoms with Crippen molar-refractivity contribution in [2.24, 2.45) is 11.3 Å². The summed E-state index contributed by atoms with van der Waals surface area (Å²) in [5, 5.41) is 17.4. The second kappa shape index (κ2) is 2.54. The lowest BCUT2D eigenvalue weighted by atomic mass is 9.88. The van der Waals surface area contributed by atoms with E-state index >= 15 is 0 Å². The van der Waals surface area contributed by atoms with Crippen molar-refractivity contribution in [1.82, 2.24) is 0 Å². The van der Waals surface area contributed by atoms with Gasteiger partial charge >= 0.3 is 5.97 Å². The van der Waals surface area contributed by atoms with Gasteiger partial charge in [-0.05, 0) is 19.3 Å². The van der Waals surface area contributed by atoms with E-state index in [0.29, 0.717) is 19.3 Å². The largest absolute Gasteiger partial charge is 0.481 e. The Morgan fingerprint density at radius 3 is 2.45 bits per heavy atom. The average molecular weight is 153 g/mol. The molecular formula is C8H11NO2. The molecule has 3 heteroatoms. The summed E-state index contributed by atoms with van der Waals surface area (Å²) in [5.74, 6) is -1.09. The highest BCUT2D eigenvalue weighted by molar-refractivity contribution is 5.78. The first-order valence-corrected chi connectivity index (χ1v) is 3.80. The Balaban J connectivity index is 2.73. The van der Waals surface area contributed by atoms with Gasteiger partial charge in [0.25, 0.3) is 0 Å². The monoisotopic (exact) mass is 153 g/mol. The van der Waals surface area contributed by atoms with Gasteiger partial charge in [0, 0.05) is 0 Å². The van der Waals surface area contributed by atoms with E-state index in [2.05, 4.69) is 6.07 Å².